The van der Waals surface area contributed by atoms with Crippen LogP contribution in [0.3, 0.4) is 0 Å². The van der Waals surface area contributed by atoms with Crippen LogP contribution in [0, 0.1) is 17.3 Å². The van der Waals surface area contributed by atoms with Gasteiger partial charge in [0.2, 0.25) is 0 Å². The molecular formula is C13H22O. The zero-order valence-corrected chi connectivity index (χ0v) is 9.04. The molecule has 1 spiro atoms. The minimum Gasteiger partial charge on any atom is -0.393 e. The molecule has 80 valence electrons. The highest BCUT2D eigenvalue weighted by Gasteiger charge is 2.55. The molecular weight excluding hydrogens is 172 g/mol. The minimum absolute atomic E-state index is 0.0538. The molecule has 0 aromatic carbocycles. The van der Waals surface area contributed by atoms with Gasteiger partial charge in [-0.25, -0.2) is 0 Å². The van der Waals surface area contributed by atoms with E-state index in [1.165, 1.54) is 51.4 Å². The molecule has 1 heteroatoms. The smallest absolute Gasteiger partial charge is 0.0574 e. The van der Waals surface area contributed by atoms with Crippen molar-refractivity contribution in [3.05, 3.63) is 0 Å². The Morgan fingerprint density at radius 2 is 1.79 bits per heavy atom. The third kappa shape index (κ3) is 1.11. The topological polar surface area (TPSA) is 20.2 Å². The first-order chi connectivity index (χ1) is 6.83. The summed E-state index contributed by atoms with van der Waals surface area (Å²) < 4.78 is 0. The molecule has 3 saturated carbocycles. The molecule has 3 rings (SSSR count). The molecule has 0 radical (unpaired) electrons. The van der Waals surface area contributed by atoms with E-state index in [9.17, 15) is 5.11 Å². The molecule has 3 fully saturated rings. The molecule has 4 atom stereocenters. The average Bonchev–Trinajstić information content (AvgIpc) is 2.60. The van der Waals surface area contributed by atoms with Crippen LogP contribution in [0.15, 0.2) is 0 Å². The summed E-state index contributed by atoms with van der Waals surface area (Å²) in [6.07, 6.45) is 12.5. The zero-order valence-electron chi connectivity index (χ0n) is 9.04. The lowest BCUT2D eigenvalue weighted by Crippen LogP contribution is -2.30. The van der Waals surface area contributed by atoms with E-state index in [4.69, 9.17) is 0 Å². The van der Waals surface area contributed by atoms with Gasteiger partial charge in [-0.3, -0.25) is 0 Å². The summed E-state index contributed by atoms with van der Waals surface area (Å²) >= 11 is 0. The summed E-state index contributed by atoms with van der Waals surface area (Å²) in [5.41, 5.74) is 0.607. The van der Waals surface area contributed by atoms with E-state index < -0.39 is 0 Å². The second kappa shape index (κ2) is 3.23. The molecule has 1 nitrogen and oxygen atoms in total. The van der Waals surface area contributed by atoms with Crippen LogP contribution in [-0.2, 0) is 0 Å². The van der Waals surface area contributed by atoms with E-state index in [0.717, 1.165) is 12.3 Å². The molecule has 14 heavy (non-hydrogen) atoms. The quantitative estimate of drug-likeness (QED) is 0.628. The SMILES string of the molecule is O[C@@H]1CC[C@]23CCCCC[C@H]2CC[C@H]13. The van der Waals surface area contributed by atoms with Gasteiger partial charge in [0.1, 0.15) is 0 Å². The molecule has 0 aromatic rings. The average molecular weight is 194 g/mol. The fraction of sp³-hybridized carbons (Fsp3) is 1.00. The third-order valence-electron chi connectivity index (χ3n) is 5.44. The summed E-state index contributed by atoms with van der Waals surface area (Å²) in [7, 11) is 0. The lowest BCUT2D eigenvalue weighted by Gasteiger charge is -2.35. The van der Waals surface area contributed by atoms with E-state index in [-0.39, 0.29) is 6.10 Å². The van der Waals surface area contributed by atoms with E-state index in [1.807, 2.05) is 0 Å². The van der Waals surface area contributed by atoms with Crippen LogP contribution in [0.1, 0.15) is 57.8 Å². The number of hydrogen-bond acceptors (Lipinski definition) is 1. The van der Waals surface area contributed by atoms with E-state index in [0.29, 0.717) is 11.3 Å². The second-order valence-corrected chi connectivity index (χ2v) is 5.82. The third-order valence-corrected chi connectivity index (χ3v) is 5.44. The van der Waals surface area contributed by atoms with Gasteiger partial charge in [-0.1, -0.05) is 19.3 Å². The van der Waals surface area contributed by atoms with Crippen LogP contribution in [0.2, 0.25) is 0 Å². The molecule has 0 saturated heterocycles. The second-order valence-electron chi connectivity index (χ2n) is 5.82. The van der Waals surface area contributed by atoms with Gasteiger partial charge in [-0.2, -0.15) is 0 Å². The first-order valence-corrected chi connectivity index (χ1v) is 6.51. The zero-order chi connectivity index (χ0) is 9.60. The monoisotopic (exact) mass is 194 g/mol. The number of rotatable bonds is 0. The normalized spacial score (nSPS) is 52.5. The highest BCUT2D eigenvalue weighted by molar-refractivity contribution is 5.05. The minimum atomic E-state index is 0.0538. The van der Waals surface area contributed by atoms with Crippen LogP contribution in [0.25, 0.3) is 0 Å². The van der Waals surface area contributed by atoms with Crippen LogP contribution < -0.4 is 0 Å². The summed E-state index contributed by atoms with van der Waals surface area (Å²) in [6, 6.07) is 0. The van der Waals surface area contributed by atoms with Crippen molar-refractivity contribution in [3.8, 4) is 0 Å². The van der Waals surface area contributed by atoms with Crippen LogP contribution in [-0.4, -0.2) is 11.2 Å². The van der Waals surface area contributed by atoms with E-state index in [2.05, 4.69) is 0 Å². The summed E-state index contributed by atoms with van der Waals surface area (Å²) in [4.78, 5) is 0. The predicted octanol–water partition coefficient (Wildman–Crippen LogP) is 3.12. The van der Waals surface area contributed by atoms with Crippen molar-refractivity contribution in [1.82, 2.24) is 0 Å². The number of hydrogen-bond donors (Lipinski definition) is 1. The van der Waals surface area contributed by atoms with Crippen LogP contribution in [0.5, 0.6) is 0 Å². The van der Waals surface area contributed by atoms with E-state index >= 15 is 0 Å². The molecule has 0 aromatic heterocycles. The van der Waals surface area contributed by atoms with Crippen molar-refractivity contribution in [2.45, 2.75) is 63.9 Å². The van der Waals surface area contributed by atoms with Crippen LogP contribution >= 0.6 is 0 Å². The summed E-state index contributed by atoms with van der Waals surface area (Å²) in [5.74, 6) is 1.66. The molecule has 0 amide bonds. The first kappa shape index (κ1) is 9.21. The molecule has 0 bridgehead atoms. The van der Waals surface area contributed by atoms with Gasteiger partial charge < -0.3 is 5.11 Å². The largest absolute Gasteiger partial charge is 0.393 e. The molecule has 1 N–H and O–H groups in total. The highest BCUT2D eigenvalue weighted by atomic mass is 16.3. The van der Waals surface area contributed by atoms with Gasteiger partial charge >= 0.3 is 0 Å². The van der Waals surface area contributed by atoms with Crippen molar-refractivity contribution in [2.75, 3.05) is 0 Å². The molecule has 3 aliphatic rings. The van der Waals surface area contributed by atoms with Crippen molar-refractivity contribution in [1.29, 1.82) is 0 Å². The van der Waals surface area contributed by atoms with Gasteiger partial charge in [0.05, 0.1) is 6.10 Å². The summed E-state index contributed by atoms with van der Waals surface area (Å²) in [5, 5.41) is 10.0. The Hall–Kier alpha value is -0.0400. The number of aliphatic hydroxyl groups is 1. The Kier molecular flexibility index (Phi) is 2.12. The molecule has 0 aliphatic heterocycles. The summed E-state index contributed by atoms with van der Waals surface area (Å²) in [6.45, 7) is 0. The first-order valence-electron chi connectivity index (χ1n) is 6.51. The Bertz CT molecular complexity index is 225. The predicted molar refractivity (Wildman–Crippen MR) is 57.0 cm³/mol. The van der Waals surface area contributed by atoms with Gasteiger partial charge in [0, 0.05) is 0 Å². The molecule has 0 heterocycles. The lowest BCUT2D eigenvalue weighted by atomic mass is 9.70. The standard InChI is InChI=1S/C13H22O/c14-12-7-9-13-8-3-1-2-4-10(13)5-6-11(12)13/h10-12,14H,1-9H2/t10-,11+,12+,13+/m0/s1. The fourth-order valence-corrected chi connectivity index (χ4v) is 4.81. The van der Waals surface area contributed by atoms with Crippen molar-refractivity contribution in [3.63, 3.8) is 0 Å². The van der Waals surface area contributed by atoms with Crippen molar-refractivity contribution >= 4 is 0 Å². The Labute approximate surface area is 86.9 Å². The van der Waals surface area contributed by atoms with Gasteiger partial charge in [-0.15, -0.1) is 0 Å². The van der Waals surface area contributed by atoms with Crippen molar-refractivity contribution < 1.29 is 5.11 Å². The Morgan fingerprint density at radius 3 is 2.71 bits per heavy atom. The maximum atomic E-state index is 10.0. The Balaban J connectivity index is 1.90. The molecule has 3 aliphatic carbocycles. The van der Waals surface area contributed by atoms with Gasteiger partial charge in [0.25, 0.3) is 0 Å². The van der Waals surface area contributed by atoms with Gasteiger partial charge in [-0.05, 0) is 55.8 Å². The fourth-order valence-electron chi connectivity index (χ4n) is 4.81. The lowest BCUT2D eigenvalue weighted by molar-refractivity contribution is 0.0745. The maximum Gasteiger partial charge on any atom is 0.0574 e. The van der Waals surface area contributed by atoms with E-state index in [1.54, 1.807) is 0 Å². The van der Waals surface area contributed by atoms with Crippen molar-refractivity contribution in [2.24, 2.45) is 17.3 Å². The molecule has 0 unspecified atom stereocenters. The maximum absolute atomic E-state index is 10.0. The number of aliphatic hydroxyl groups excluding tert-OH is 1. The Morgan fingerprint density at radius 1 is 0.857 bits per heavy atom. The van der Waals surface area contributed by atoms with Crippen LogP contribution in [0.4, 0.5) is 0 Å². The van der Waals surface area contributed by atoms with Gasteiger partial charge in [0.15, 0.2) is 0 Å². The highest BCUT2D eigenvalue weighted by Crippen LogP contribution is 2.62.